The first-order valence-corrected chi connectivity index (χ1v) is 11.5. The molecule has 3 aromatic carbocycles. The molecule has 0 amide bonds. The van der Waals surface area contributed by atoms with E-state index in [1.165, 1.54) is 17.7 Å². The van der Waals surface area contributed by atoms with Crippen LogP contribution in [0.25, 0.3) is 0 Å². The van der Waals surface area contributed by atoms with E-state index in [1.807, 2.05) is 43.3 Å². The summed E-state index contributed by atoms with van der Waals surface area (Å²) in [6.07, 6.45) is -0.545. The van der Waals surface area contributed by atoms with Crippen LogP contribution in [-0.2, 0) is 12.8 Å². The molecule has 6 heteroatoms. The number of ether oxygens (including phenoxy) is 2. The number of aryl methyl sites for hydroxylation is 2. The fourth-order valence-corrected chi connectivity index (χ4v) is 3.58. The molecule has 0 saturated carbocycles. The van der Waals surface area contributed by atoms with Crippen LogP contribution in [0.4, 0.5) is 17.6 Å². The van der Waals surface area contributed by atoms with Gasteiger partial charge in [0.05, 0.1) is 6.61 Å². The summed E-state index contributed by atoms with van der Waals surface area (Å²) in [5.74, 6) is -3.24. The summed E-state index contributed by atoms with van der Waals surface area (Å²) >= 11 is 0. The Labute approximate surface area is 198 Å². The monoisotopic (exact) mass is 474 g/mol. The molecule has 3 rings (SSSR count). The second-order valence-electron chi connectivity index (χ2n) is 8.38. The van der Waals surface area contributed by atoms with Crippen LogP contribution in [-0.4, -0.2) is 19.4 Å². The third kappa shape index (κ3) is 7.24. The summed E-state index contributed by atoms with van der Waals surface area (Å²) in [5, 5.41) is 0. The maximum absolute atomic E-state index is 14.4. The fourth-order valence-electron chi connectivity index (χ4n) is 3.58. The zero-order chi connectivity index (χ0) is 24.5. The van der Waals surface area contributed by atoms with Crippen LogP contribution < -0.4 is 9.47 Å². The van der Waals surface area contributed by atoms with Crippen molar-refractivity contribution in [3.63, 3.8) is 0 Å². The smallest absolute Gasteiger partial charge is 0.204 e. The van der Waals surface area contributed by atoms with Gasteiger partial charge >= 0.3 is 0 Å². The zero-order valence-corrected chi connectivity index (χ0v) is 19.5. The molecule has 0 aromatic heterocycles. The van der Waals surface area contributed by atoms with Crippen LogP contribution in [0.5, 0.6) is 11.5 Å². The number of halogens is 4. The van der Waals surface area contributed by atoms with Gasteiger partial charge in [0, 0.05) is 12.8 Å². The Bertz CT molecular complexity index is 1040. The molecule has 0 aliphatic carbocycles. The Balaban J connectivity index is 1.48. The molecule has 0 spiro atoms. The van der Waals surface area contributed by atoms with E-state index < -0.39 is 36.3 Å². The third-order valence-corrected chi connectivity index (χ3v) is 5.52. The van der Waals surface area contributed by atoms with Crippen molar-refractivity contribution < 1.29 is 27.0 Å². The van der Waals surface area contributed by atoms with Crippen molar-refractivity contribution in [1.29, 1.82) is 0 Å². The molecule has 182 valence electrons. The molecule has 0 radical (unpaired) electrons. The van der Waals surface area contributed by atoms with Crippen molar-refractivity contribution in [3.8, 4) is 11.5 Å². The van der Waals surface area contributed by atoms with Gasteiger partial charge in [0.25, 0.3) is 0 Å². The number of rotatable bonds is 12. The number of hydrogen-bond donors (Lipinski definition) is 0. The molecular formula is C28H30F4O2. The van der Waals surface area contributed by atoms with Crippen LogP contribution in [0.2, 0.25) is 0 Å². The highest BCUT2D eigenvalue weighted by molar-refractivity contribution is 5.35. The maximum Gasteiger partial charge on any atom is 0.204 e. The van der Waals surface area contributed by atoms with E-state index in [9.17, 15) is 17.6 Å². The highest BCUT2D eigenvalue weighted by atomic mass is 19.2. The van der Waals surface area contributed by atoms with E-state index in [-0.39, 0.29) is 25.2 Å². The quantitative estimate of drug-likeness (QED) is 0.251. The minimum Gasteiger partial charge on any atom is -0.490 e. The van der Waals surface area contributed by atoms with Crippen molar-refractivity contribution in [1.82, 2.24) is 0 Å². The average Bonchev–Trinajstić information content (AvgIpc) is 2.83. The van der Waals surface area contributed by atoms with Crippen LogP contribution in [0.3, 0.4) is 0 Å². The predicted molar refractivity (Wildman–Crippen MR) is 126 cm³/mol. The van der Waals surface area contributed by atoms with Crippen LogP contribution in [0.1, 0.15) is 48.2 Å². The average molecular weight is 475 g/mol. The molecule has 0 saturated heterocycles. The highest BCUT2D eigenvalue weighted by Gasteiger charge is 2.18. The van der Waals surface area contributed by atoms with Gasteiger partial charge in [-0.1, -0.05) is 67.4 Å². The minimum absolute atomic E-state index is 0.00860. The summed E-state index contributed by atoms with van der Waals surface area (Å²) in [4.78, 5) is 0. The lowest BCUT2D eigenvalue weighted by Gasteiger charge is -2.14. The van der Waals surface area contributed by atoms with Crippen molar-refractivity contribution in [2.75, 3.05) is 13.2 Å². The van der Waals surface area contributed by atoms with Gasteiger partial charge in [0.15, 0.2) is 11.5 Å². The largest absolute Gasteiger partial charge is 0.490 e. The summed E-state index contributed by atoms with van der Waals surface area (Å²) < 4.78 is 67.8. The second-order valence-corrected chi connectivity index (χ2v) is 8.38. The summed E-state index contributed by atoms with van der Waals surface area (Å²) in [7, 11) is 0. The lowest BCUT2D eigenvalue weighted by Crippen LogP contribution is -2.16. The van der Waals surface area contributed by atoms with E-state index in [2.05, 4.69) is 6.92 Å². The molecule has 0 aliphatic heterocycles. The summed E-state index contributed by atoms with van der Waals surface area (Å²) in [6, 6.07) is 17.0. The number of benzene rings is 3. The first-order valence-electron chi connectivity index (χ1n) is 11.5. The first kappa shape index (κ1) is 25.6. The lowest BCUT2D eigenvalue weighted by molar-refractivity contribution is 0.186. The van der Waals surface area contributed by atoms with Crippen molar-refractivity contribution in [2.45, 2.75) is 51.9 Å². The summed E-state index contributed by atoms with van der Waals surface area (Å²) in [5.41, 5.74) is 3.52. The molecular weight excluding hydrogens is 444 g/mol. The highest BCUT2D eigenvalue weighted by Crippen LogP contribution is 2.29. The van der Waals surface area contributed by atoms with Crippen molar-refractivity contribution in [3.05, 3.63) is 94.6 Å². The summed E-state index contributed by atoms with van der Waals surface area (Å²) in [6.45, 7) is 3.46. The van der Waals surface area contributed by atoms with Crippen molar-refractivity contribution in [2.24, 2.45) is 0 Å². The normalized spacial score (nSPS) is 12.9. The molecule has 0 N–H and O–H groups in total. The molecule has 0 bridgehead atoms. The van der Waals surface area contributed by atoms with Gasteiger partial charge in [-0.2, -0.15) is 8.78 Å². The van der Waals surface area contributed by atoms with Crippen LogP contribution in [0, 0.1) is 18.6 Å². The van der Waals surface area contributed by atoms with Gasteiger partial charge in [-0.3, -0.25) is 0 Å². The topological polar surface area (TPSA) is 18.5 Å². The van der Waals surface area contributed by atoms with Gasteiger partial charge in [-0.25, -0.2) is 8.78 Å². The Morgan fingerprint density at radius 1 is 0.765 bits per heavy atom. The molecule has 2 nitrogen and oxygen atoms in total. The first-order chi connectivity index (χ1) is 16.4. The van der Waals surface area contributed by atoms with Gasteiger partial charge < -0.3 is 9.47 Å². The van der Waals surface area contributed by atoms with Crippen LogP contribution in [0.15, 0.2) is 60.7 Å². The van der Waals surface area contributed by atoms with E-state index in [0.717, 1.165) is 24.0 Å². The Kier molecular flexibility index (Phi) is 9.37. The SMILES string of the molecule is CCCc1ccc(CC(F)COc2ccc(OCCC(F)c3ccc(C)cc3)c(F)c2F)cc1. The van der Waals surface area contributed by atoms with Gasteiger partial charge in [-0.05, 0) is 42.2 Å². The number of alkyl halides is 2. The Morgan fingerprint density at radius 3 is 1.97 bits per heavy atom. The van der Waals surface area contributed by atoms with Gasteiger partial charge in [0.2, 0.25) is 11.6 Å². The molecule has 34 heavy (non-hydrogen) atoms. The molecule has 2 atom stereocenters. The van der Waals surface area contributed by atoms with E-state index in [4.69, 9.17) is 9.47 Å². The molecule has 0 fully saturated rings. The molecule has 3 aromatic rings. The second kappa shape index (κ2) is 12.4. The van der Waals surface area contributed by atoms with Crippen molar-refractivity contribution >= 4 is 0 Å². The maximum atomic E-state index is 14.4. The van der Waals surface area contributed by atoms with E-state index in [1.54, 1.807) is 12.1 Å². The standard InChI is InChI=1S/C28H30F4O2/c1-3-4-20-7-9-21(10-8-20)17-23(29)18-34-26-14-13-25(27(31)28(26)32)33-16-15-24(30)22-11-5-19(2)6-12-22/h5-14,23-24H,3-4,15-18H2,1-2H3. The fraction of sp³-hybridized carbons (Fsp3) is 0.357. The van der Waals surface area contributed by atoms with E-state index in [0.29, 0.717) is 5.56 Å². The predicted octanol–water partition coefficient (Wildman–Crippen LogP) is 7.67. The minimum atomic E-state index is -1.38. The lowest BCUT2D eigenvalue weighted by atomic mass is 10.0. The zero-order valence-electron chi connectivity index (χ0n) is 19.5. The van der Waals surface area contributed by atoms with Crippen LogP contribution >= 0.6 is 0 Å². The third-order valence-electron chi connectivity index (χ3n) is 5.52. The molecule has 0 heterocycles. The Hall–Kier alpha value is -3.02. The number of hydrogen-bond acceptors (Lipinski definition) is 2. The van der Waals surface area contributed by atoms with Gasteiger partial charge in [-0.15, -0.1) is 0 Å². The Morgan fingerprint density at radius 2 is 1.35 bits per heavy atom. The van der Waals surface area contributed by atoms with E-state index >= 15 is 0 Å². The molecule has 2 unspecified atom stereocenters. The van der Waals surface area contributed by atoms with Gasteiger partial charge in [0.1, 0.15) is 19.0 Å². The molecule has 0 aliphatic rings.